The molecular weight excluding hydrogens is 243 g/mol. The Morgan fingerprint density at radius 2 is 2.24 bits per heavy atom. The molecule has 17 heavy (non-hydrogen) atoms. The number of rotatable bonds is 4. The van der Waals surface area contributed by atoms with Gasteiger partial charge < -0.3 is 5.32 Å². The molecule has 0 bridgehead atoms. The van der Waals surface area contributed by atoms with Crippen molar-refractivity contribution in [2.45, 2.75) is 6.54 Å². The van der Waals surface area contributed by atoms with E-state index in [4.69, 9.17) is 0 Å². The zero-order chi connectivity index (χ0) is 12.3. The molecular formula is C11H9FN2O2S. The number of halogens is 1. The molecule has 1 aromatic carbocycles. The SMILES string of the molecule is O=[N+]([O-])c1cc(NCc2ccsc2)ccc1F. The van der Waals surface area contributed by atoms with Crippen LogP contribution in [0.3, 0.4) is 0 Å². The number of nitrogens with zero attached hydrogens (tertiary/aromatic N) is 1. The van der Waals surface area contributed by atoms with Gasteiger partial charge in [-0.3, -0.25) is 10.1 Å². The number of nitro groups is 1. The van der Waals surface area contributed by atoms with E-state index < -0.39 is 16.4 Å². The maximum absolute atomic E-state index is 13.1. The average molecular weight is 252 g/mol. The van der Waals surface area contributed by atoms with Gasteiger partial charge in [-0.05, 0) is 34.5 Å². The van der Waals surface area contributed by atoms with Crippen LogP contribution < -0.4 is 5.32 Å². The number of hydrogen-bond donors (Lipinski definition) is 1. The summed E-state index contributed by atoms with van der Waals surface area (Å²) in [5.74, 6) is -0.823. The Hall–Kier alpha value is -1.95. The topological polar surface area (TPSA) is 55.2 Å². The Labute approximate surface area is 101 Å². The molecule has 0 atom stereocenters. The molecule has 1 aromatic heterocycles. The van der Waals surface area contributed by atoms with Gasteiger partial charge in [-0.15, -0.1) is 0 Å². The average Bonchev–Trinajstić information content (AvgIpc) is 2.80. The Kier molecular flexibility index (Phi) is 3.34. The summed E-state index contributed by atoms with van der Waals surface area (Å²) in [5, 5.41) is 17.5. The van der Waals surface area contributed by atoms with Crippen molar-refractivity contribution in [3.05, 3.63) is 56.5 Å². The van der Waals surface area contributed by atoms with Crippen LogP contribution in [0.5, 0.6) is 0 Å². The Morgan fingerprint density at radius 1 is 1.41 bits per heavy atom. The molecule has 0 spiro atoms. The van der Waals surface area contributed by atoms with Gasteiger partial charge in [-0.1, -0.05) is 0 Å². The minimum atomic E-state index is -0.823. The summed E-state index contributed by atoms with van der Waals surface area (Å²) in [6.07, 6.45) is 0. The van der Waals surface area contributed by atoms with Crippen LogP contribution in [-0.4, -0.2) is 4.92 Å². The maximum atomic E-state index is 13.1. The van der Waals surface area contributed by atoms with Crippen molar-refractivity contribution in [2.75, 3.05) is 5.32 Å². The van der Waals surface area contributed by atoms with Gasteiger partial charge in [-0.25, -0.2) is 0 Å². The van der Waals surface area contributed by atoms with Crippen molar-refractivity contribution in [3.63, 3.8) is 0 Å². The molecule has 0 aliphatic rings. The fourth-order valence-electron chi connectivity index (χ4n) is 1.36. The highest BCUT2D eigenvalue weighted by molar-refractivity contribution is 7.07. The van der Waals surface area contributed by atoms with Crippen LogP contribution >= 0.6 is 11.3 Å². The van der Waals surface area contributed by atoms with Crippen molar-refractivity contribution in [3.8, 4) is 0 Å². The van der Waals surface area contributed by atoms with Crippen LogP contribution in [0.25, 0.3) is 0 Å². The number of hydrogen-bond acceptors (Lipinski definition) is 4. The second-order valence-corrected chi connectivity index (χ2v) is 4.19. The largest absolute Gasteiger partial charge is 0.381 e. The zero-order valence-electron chi connectivity index (χ0n) is 8.72. The second kappa shape index (κ2) is 4.92. The zero-order valence-corrected chi connectivity index (χ0v) is 9.54. The van der Waals surface area contributed by atoms with E-state index in [-0.39, 0.29) is 0 Å². The third-order valence-electron chi connectivity index (χ3n) is 2.22. The molecule has 0 amide bonds. The van der Waals surface area contributed by atoms with Crippen molar-refractivity contribution in [2.24, 2.45) is 0 Å². The number of nitrogens with one attached hydrogen (secondary N) is 1. The molecule has 0 unspecified atom stereocenters. The molecule has 0 radical (unpaired) electrons. The highest BCUT2D eigenvalue weighted by atomic mass is 32.1. The fourth-order valence-corrected chi connectivity index (χ4v) is 2.03. The van der Waals surface area contributed by atoms with E-state index >= 15 is 0 Å². The third-order valence-corrected chi connectivity index (χ3v) is 2.95. The summed E-state index contributed by atoms with van der Waals surface area (Å²) in [6.45, 7) is 0.562. The van der Waals surface area contributed by atoms with E-state index in [1.54, 1.807) is 11.3 Å². The number of anilines is 1. The van der Waals surface area contributed by atoms with Crippen LogP contribution in [-0.2, 0) is 6.54 Å². The minimum absolute atomic E-state index is 0.514. The van der Waals surface area contributed by atoms with Gasteiger partial charge in [0.05, 0.1) is 4.92 Å². The van der Waals surface area contributed by atoms with E-state index in [0.29, 0.717) is 12.2 Å². The van der Waals surface area contributed by atoms with Crippen LogP contribution in [0, 0.1) is 15.9 Å². The summed E-state index contributed by atoms with van der Waals surface area (Å²) < 4.78 is 13.1. The molecule has 2 aromatic rings. The first-order valence-corrected chi connectivity index (χ1v) is 5.80. The molecule has 0 saturated carbocycles. The molecule has 88 valence electrons. The maximum Gasteiger partial charge on any atom is 0.306 e. The van der Waals surface area contributed by atoms with Crippen LogP contribution in [0.1, 0.15) is 5.56 Å². The number of thiophene rings is 1. The molecule has 1 N–H and O–H groups in total. The number of nitro benzene ring substituents is 1. The van der Waals surface area contributed by atoms with Gasteiger partial charge in [0, 0.05) is 18.3 Å². The first-order chi connectivity index (χ1) is 8.16. The van der Waals surface area contributed by atoms with E-state index in [0.717, 1.165) is 11.6 Å². The summed E-state index contributed by atoms with van der Waals surface area (Å²) in [7, 11) is 0. The quantitative estimate of drug-likeness (QED) is 0.670. The van der Waals surface area contributed by atoms with Crippen molar-refractivity contribution in [1.29, 1.82) is 0 Å². The Bertz CT molecular complexity index is 528. The highest BCUT2D eigenvalue weighted by Crippen LogP contribution is 2.22. The highest BCUT2D eigenvalue weighted by Gasteiger charge is 2.13. The van der Waals surface area contributed by atoms with Gasteiger partial charge in [-0.2, -0.15) is 15.7 Å². The van der Waals surface area contributed by atoms with E-state index in [2.05, 4.69) is 5.32 Å². The minimum Gasteiger partial charge on any atom is -0.381 e. The predicted octanol–water partition coefficient (Wildman–Crippen LogP) is 3.41. The lowest BCUT2D eigenvalue weighted by Crippen LogP contribution is -2.00. The number of benzene rings is 1. The lowest BCUT2D eigenvalue weighted by atomic mass is 10.2. The molecule has 1 heterocycles. The normalized spacial score (nSPS) is 10.2. The standard InChI is InChI=1S/C11H9FN2O2S/c12-10-2-1-9(5-11(10)14(15)16)13-6-8-3-4-17-7-8/h1-5,7,13H,6H2. The molecule has 0 aliphatic carbocycles. The van der Waals surface area contributed by atoms with Crippen LogP contribution in [0.15, 0.2) is 35.0 Å². The third kappa shape index (κ3) is 2.79. The monoisotopic (exact) mass is 252 g/mol. The Balaban J connectivity index is 2.11. The molecule has 0 aliphatic heterocycles. The summed E-state index contributed by atoms with van der Waals surface area (Å²) in [4.78, 5) is 9.82. The van der Waals surface area contributed by atoms with Crippen molar-refractivity contribution >= 4 is 22.7 Å². The van der Waals surface area contributed by atoms with Gasteiger partial charge in [0.25, 0.3) is 0 Å². The van der Waals surface area contributed by atoms with E-state index in [9.17, 15) is 14.5 Å². The molecule has 4 nitrogen and oxygen atoms in total. The second-order valence-electron chi connectivity index (χ2n) is 3.41. The molecule has 0 fully saturated rings. The molecule has 0 saturated heterocycles. The van der Waals surface area contributed by atoms with Gasteiger partial charge >= 0.3 is 5.69 Å². The predicted molar refractivity (Wildman–Crippen MR) is 64.7 cm³/mol. The van der Waals surface area contributed by atoms with E-state index in [1.165, 1.54) is 12.1 Å². The summed E-state index contributed by atoms with van der Waals surface area (Å²) >= 11 is 1.58. The first-order valence-electron chi connectivity index (χ1n) is 4.85. The smallest absolute Gasteiger partial charge is 0.306 e. The van der Waals surface area contributed by atoms with Gasteiger partial charge in [0.2, 0.25) is 5.82 Å². The lowest BCUT2D eigenvalue weighted by Gasteiger charge is -2.04. The van der Waals surface area contributed by atoms with E-state index in [1.807, 2.05) is 16.8 Å². The Morgan fingerprint density at radius 3 is 2.88 bits per heavy atom. The summed E-state index contributed by atoms with van der Waals surface area (Å²) in [5.41, 5.74) is 1.10. The van der Waals surface area contributed by atoms with Crippen LogP contribution in [0.4, 0.5) is 15.8 Å². The van der Waals surface area contributed by atoms with Gasteiger partial charge in [0.15, 0.2) is 0 Å². The van der Waals surface area contributed by atoms with Crippen molar-refractivity contribution < 1.29 is 9.31 Å². The molecule has 2 rings (SSSR count). The molecule has 6 heteroatoms. The van der Waals surface area contributed by atoms with Crippen LogP contribution in [0.2, 0.25) is 0 Å². The van der Waals surface area contributed by atoms with Crippen molar-refractivity contribution in [1.82, 2.24) is 0 Å². The fraction of sp³-hybridized carbons (Fsp3) is 0.0909. The summed E-state index contributed by atoms with van der Waals surface area (Å²) in [6, 6.07) is 5.72. The first kappa shape index (κ1) is 11.5. The van der Waals surface area contributed by atoms with Gasteiger partial charge in [0.1, 0.15) is 0 Å². The lowest BCUT2D eigenvalue weighted by molar-refractivity contribution is -0.387.